The van der Waals surface area contributed by atoms with Gasteiger partial charge < -0.3 is 20.1 Å². The number of carbonyl (C=O) groups excluding carboxylic acids is 1. The van der Waals surface area contributed by atoms with E-state index in [1.807, 2.05) is 25.7 Å². The zero-order chi connectivity index (χ0) is 16.0. The first-order valence-corrected chi connectivity index (χ1v) is 8.13. The number of likely N-dealkylation sites (tertiary alicyclic amines) is 1. The topological polar surface area (TPSA) is 61.8 Å². The number of hydrogen-bond donors (Lipinski definition) is 2. The first-order valence-electron chi connectivity index (χ1n) is 8.13. The number of aliphatic hydroxyl groups is 1. The van der Waals surface area contributed by atoms with E-state index in [4.69, 9.17) is 4.74 Å². The Labute approximate surface area is 129 Å². The summed E-state index contributed by atoms with van der Waals surface area (Å²) in [4.78, 5) is 14.1. The predicted molar refractivity (Wildman–Crippen MR) is 84.3 cm³/mol. The van der Waals surface area contributed by atoms with E-state index in [0.717, 1.165) is 32.2 Å². The average molecular weight is 300 g/mol. The summed E-state index contributed by atoms with van der Waals surface area (Å²) in [5.74, 6) is 0. The van der Waals surface area contributed by atoms with E-state index < -0.39 is 5.60 Å². The van der Waals surface area contributed by atoms with Crippen molar-refractivity contribution in [1.29, 1.82) is 0 Å². The molecule has 0 aromatic rings. The molecule has 1 rings (SSSR count). The van der Waals surface area contributed by atoms with Crippen molar-refractivity contribution in [2.75, 3.05) is 13.2 Å². The Morgan fingerprint density at radius 3 is 2.67 bits per heavy atom. The van der Waals surface area contributed by atoms with E-state index in [9.17, 15) is 9.90 Å². The summed E-state index contributed by atoms with van der Waals surface area (Å²) in [5, 5.41) is 12.7. The van der Waals surface area contributed by atoms with Crippen molar-refractivity contribution in [2.45, 2.75) is 84.0 Å². The molecule has 124 valence electrons. The van der Waals surface area contributed by atoms with Gasteiger partial charge in [0.25, 0.3) is 0 Å². The molecule has 0 spiro atoms. The van der Waals surface area contributed by atoms with E-state index in [2.05, 4.69) is 19.2 Å². The molecule has 3 atom stereocenters. The number of ether oxygens (including phenoxy) is 1. The van der Waals surface area contributed by atoms with Crippen molar-refractivity contribution in [2.24, 2.45) is 0 Å². The number of nitrogens with one attached hydrogen (secondary N) is 1. The maximum Gasteiger partial charge on any atom is 0.410 e. The van der Waals surface area contributed by atoms with Crippen molar-refractivity contribution in [3.63, 3.8) is 0 Å². The number of amides is 1. The van der Waals surface area contributed by atoms with Gasteiger partial charge in [-0.25, -0.2) is 4.79 Å². The van der Waals surface area contributed by atoms with Gasteiger partial charge in [0.05, 0.1) is 6.61 Å². The number of carbonyl (C=O) groups is 1. The van der Waals surface area contributed by atoms with Crippen LogP contribution in [0.25, 0.3) is 0 Å². The zero-order valence-corrected chi connectivity index (χ0v) is 14.2. The van der Waals surface area contributed by atoms with Gasteiger partial charge in [0.1, 0.15) is 5.60 Å². The maximum atomic E-state index is 12.2. The molecule has 5 nitrogen and oxygen atoms in total. The van der Waals surface area contributed by atoms with Crippen LogP contribution in [-0.4, -0.2) is 53.0 Å². The van der Waals surface area contributed by atoms with Crippen LogP contribution in [0, 0.1) is 0 Å². The number of aliphatic hydroxyl groups excluding tert-OH is 1. The lowest BCUT2D eigenvalue weighted by Gasteiger charge is -2.31. The van der Waals surface area contributed by atoms with Gasteiger partial charge >= 0.3 is 6.09 Å². The van der Waals surface area contributed by atoms with Crippen LogP contribution in [0.1, 0.15) is 60.3 Å². The van der Waals surface area contributed by atoms with Gasteiger partial charge in [-0.2, -0.15) is 0 Å². The second-order valence-electron chi connectivity index (χ2n) is 7.06. The van der Waals surface area contributed by atoms with Gasteiger partial charge in [0, 0.05) is 24.7 Å². The molecule has 5 heteroatoms. The Morgan fingerprint density at radius 2 is 2.14 bits per heavy atom. The average Bonchev–Trinajstić information content (AvgIpc) is 2.82. The molecule has 1 amide bonds. The van der Waals surface area contributed by atoms with Gasteiger partial charge in [0.15, 0.2) is 0 Å². The predicted octanol–water partition coefficient (Wildman–Crippen LogP) is 2.53. The molecule has 1 aliphatic heterocycles. The lowest BCUT2D eigenvalue weighted by atomic mass is 10.0. The van der Waals surface area contributed by atoms with E-state index in [1.165, 1.54) is 0 Å². The molecule has 0 saturated carbocycles. The van der Waals surface area contributed by atoms with Crippen LogP contribution in [-0.2, 0) is 4.74 Å². The second-order valence-corrected chi connectivity index (χ2v) is 7.06. The van der Waals surface area contributed by atoms with Gasteiger partial charge in [-0.1, -0.05) is 6.92 Å². The minimum absolute atomic E-state index is 0.136. The normalized spacial score (nSPS) is 22.2. The zero-order valence-electron chi connectivity index (χ0n) is 14.2. The van der Waals surface area contributed by atoms with E-state index in [-0.39, 0.29) is 30.8 Å². The molecule has 0 bridgehead atoms. The highest BCUT2D eigenvalue weighted by Gasteiger charge is 2.33. The highest BCUT2D eigenvalue weighted by Crippen LogP contribution is 2.24. The van der Waals surface area contributed by atoms with E-state index in [0.29, 0.717) is 0 Å². The highest BCUT2D eigenvalue weighted by molar-refractivity contribution is 5.68. The molecule has 0 aromatic heterocycles. The summed E-state index contributed by atoms with van der Waals surface area (Å²) in [6.45, 7) is 10.8. The molecule has 3 unspecified atom stereocenters. The molecular formula is C16H32N2O3. The lowest BCUT2D eigenvalue weighted by molar-refractivity contribution is 0.0213. The van der Waals surface area contributed by atoms with Crippen molar-refractivity contribution >= 4 is 6.09 Å². The molecule has 0 radical (unpaired) electrons. The Hall–Kier alpha value is -0.810. The third-order valence-corrected chi connectivity index (χ3v) is 3.86. The fourth-order valence-corrected chi connectivity index (χ4v) is 2.82. The molecular weight excluding hydrogens is 268 g/mol. The molecule has 1 heterocycles. The van der Waals surface area contributed by atoms with E-state index in [1.54, 1.807) is 0 Å². The van der Waals surface area contributed by atoms with Crippen LogP contribution in [0.15, 0.2) is 0 Å². The van der Waals surface area contributed by atoms with Crippen LogP contribution in [0.5, 0.6) is 0 Å². The summed E-state index contributed by atoms with van der Waals surface area (Å²) in [6.07, 6.45) is 3.66. The van der Waals surface area contributed by atoms with Crippen molar-refractivity contribution in [1.82, 2.24) is 10.2 Å². The van der Waals surface area contributed by atoms with Crippen molar-refractivity contribution < 1.29 is 14.6 Å². The van der Waals surface area contributed by atoms with Crippen molar-refractivity contribution in [3.8, 4) is 0 Å². The van der Waals surface area contributed by atoms with Crippen LogP contribution in [0.2, 0.25) is 0 Å². The minimum atomic E-state index is -0.446. The summed E-state index contributed by atoms with van der Waals surface area (Å²) in [5.41, 5.74) is -0.446. The Kier molecular flexibility index (Phi) is 6.94. The third kappa shape index (κ3) is 6.22. The molecule has 21 heavy (non-hydrogen) atoms. The fraction of sp³-hybridized carbons (Fsp3) is 0.938. The lowest BCUT2D eigenvalue weighted by Crippen LogP contribution is -2.45. The Balaban J connectivity index is 2.51. The van der Waals surface area contributed by atoms with Gasteiger partial charge in [-0.05, 0) is 53.4 Å². The Morgan fingerprint density at radius 1 is 1.48 bits per heavy atom. The van der Waals surface area contributed by atoms with E-state index >= 15 is 0 Å². The molecule has 0 aromatic carbocycles. The van der Waals surface area contributed by atoms with Crippen molar-refractivity contribution in [3.05, 3.63) is 0 Å². The number of hydrogen-bond acceptors (Lipinski definition) is 4. The first-order chi connectivity index (χ1) is 9.76. The highest BCUT2D eigenvalue weighted by atomic mass is 16.6. The molecule has 1 saturated heterocycles. The van der Waals surface area contributed by atoms with Crippen LogP contribution in [0.3, 0.4) is 0 Å². The SMILES string of the molecule is CCC(CO)NC(C)CC1CCCN1C(=O)OC(C)(C)C. The summed E-state index contributed by atoms with van der Waals surface area (Å²) in [7, 11) is 0. The Bertz CT molecular complexity index is 324. The molecule has 1 fully saturated rings. The summed E-state index contributed by atoms with van der Waals surface area (Å²) in [6, 6.07) is 0.644. The minimum Gasteiger partial charge on any atom is -0.444 e. The largest absolute Gasteiger partial charge is 0.444 e. The standard InChI is InChI=1S/C16H32N2O3/c1-6-13(11-19)17-12(2)10-14-8-7-9-18(14)15(20)21-16(3,4)5/h12-14,17,19H,6-11H2,1-5H3. The number of rotatable bonds is 6. The van der Waals surface area contributed by atoms with Crippen LogP contribution < -0.4 is 5.32 Å². The third-order valence-electron chi connectivity index (χ3n) is 3.86. The smallest absolute Gasteiger partial charge is 0.410 e. The maximum absolute atomic E-state index is 12.2. The summed E-state index contributed by atoms with van der Waals surface area (Å²) >= 11 is 0. The van der Waals surface area contributed by atoms with Crippen LogP contribution in [0.4, 0.5) is 4.79 Å². The fourth-order valence-electron chi connectivity index (χ4n) is 2.82. The second kappa shape index (κ2) is 7.99. The number of nitrogens with zero attached hydrogens (tertiary/aromatic N) is 1. The molecule has 1 aliphatic rings. The molecule has 0 aliphatic carbocycles. The quantitative estimate of drug-likeness (QED) is 0.791. The van der Waals surface area contributed by atoms with Crippen LogP contribution >= 0.6 is 0 Å². The first kappa shape index (κ1) is 18.2. The van der Waals surface area contributed by atoms with Gasteiger partial charge in [-0.15, -0.1) is 0 Å². The monoisotopic (exact) mass is 300 g/mol. The molecule has 2 N–H and O–H groups in total. The summed E-state index contributed by atoms with van der Waals surface area (Å²) < 4.78 is 5.48. The van der Waals surface area contributed by atoms with Gasteiger partial charge in [0.2, 0.25) is 0 Å². The van der Waals surface area contributed by atoms with Gasteiger partial charge in [-0.3, -0.25) is 0 Å².